The molecule has 21 heavy (non-hydrogen) atoms. The maximum Gasteiger partial charge on any atom is 0.322 e. The van der Waals surface area contributed by atoms with Crippen molar-refractivity contribution in [2.75, 3.05) is 13.7 Å². The van der Waals surface area contributed by atoms with Crippen molar-refractivity contribution in [3.63, 3.8) is 0 Å². The standard InChI is InChI=1S/C8H15NO3.C6H10N2O/c1-8(2,5-10)4-6(9)7(11)12-3;1-3-9-6-4-5-7-8(6)2/h5-6H,4,9H2,1-3H3;4-5H,3H2,1-2H3. The molecule has 0 saturated carbocycles. The molecule has 0 amide bonds. The van der Waals surface area contributed by atoms with Crippen LogP contribution in [0.25, 0.3) is 0 Å². The molecular formula is C14H25N3O4. The first kappa shape index (κ1) is 19.1. The number of aryl methyl sites for hydroxylation is 1. The maximum atomic E-state index is 10.8. The van der Waals surface area contributed by atoms with Gasteiger partial charge in [0.05, 0.1) is 19.9 Å². The summed E-state index contributed by atoms with van der Waals surface area (Å²) in [6.45, 7) is 6.10. The first-order valence-corrected chi connectivity index (χ1v) is 6.68. The first-order valence-electron chi connectivity index (χ1n) is 6.68. The number of methoxy groups -OCH3 is 1. The van der Waals surface area contributed by atoms with Gasteiger partial charge in [-0.25, -0.2) is 4.68 Å². The molecule has 1 aromatic rings. The highest BCUT2D eigenvalue weighted by Crippen LogP contribution is 2.18. The number of nitrogens with two attached hydrogens (primary N) is 1. The zero-order chi connectivity index (χ0) is 16.5. The number of hydrogen-bond acceptors (Lipinski definition) is 6. The smallest absolute Gasteiger partial charge is 0.322 e. The van der Waals surface area contributed by atoms with E-state index in [1.807, 2.05) is 20.0 Å². The molecule has 2 N–H and O–H groups in total. The molecule has 1 rings (SSSR count). The van der Waals surface area contributed by atoms with Crippen LogP contribution in [0, 0.1) is 5.41 Å². The Morgan fingerprint density at radius 2 is 2.19 bits per heavy atom. The van der Waals surface area contributed by atoms with Gasteiger partial charge in [0.2, 0.25) is 5.88 Å². The van der Waals surface area contributed by atoms with Crippen LogP contribution in [0.5, 0.6) is 5.88 Å². The molecule has 1 heterocycles. The molecule has 0 aliphatic carbocycles. The van der Waals surface area contributed by atoms with Crippen LogP contribution in [0.2, 0.25) is 0 Å². The van der Waals surface area contributed by atoms with E-state index in [-0.39, 0.29) is 0 Å². The molecule has 7 nitrogen and oxygen atoms in total. The van der Waals surface area contributed by atoms with Gasteiger partial charge in [0.1, 0.15) is 12.3 Å². The zero-order valence-electron chi connectivity index (χ0n) is 13.3. The number of rotatable bonds is 6. The quantitative estimate of drug-likeness (QED) is 0.620. The molecule has 0 radical (unpaired) electrons. The van der Waals surface area contributed by atoms with E-state index in [1.54, 1.807) is 24.7 Å². The minimum absolute atomic E-state index is 0.309. The van der Waals surface area contributed by atoms with E-state index in [9.17, 15) is 9.59 Å². The molecule has 0 spiro atoms. The van der Waals surface area contributed by atoms with Gasteiger partial charge in [-0.2, -0.15) is 5.10 Å². The second-order valence-electron chi connectivity index (χ2n) is 5.17. The van der Waals surface area contributed by atoms with Crippen molar-refractivity contribution in [1.82, 2.24) is 9.78 Å². The van der Waals surface area contributed by atoms with Crippen molar-refractivity contribution < 1.29 is 19.1 Å². The summed E-state index contributed by atoms with van der Waals surface area (Å²) >= 11 is 0. The molecule has 0 bridgehead atoms. The van der Waals surface area contributed by atoms with E-state index >= 15 is 0 Å². The van der Waals surface area contributed by atoms with Crippen molar-refractivity contribution in [3.8, 4) is 5.88 Å². The van der Waals surface area contributed by atoms with Crippen LogP contribution in [-0.4, -0.2) is 41.8 Å². The summed E-state index contributed by atoms with van der Waals surface area (Å²) in [5.74, 6) is 0.336. The van der Waals surface area contributed by atoms with Gasteiger partial charge < -0.3 is 20.0 Å². The third kappa shape index (κ3) is 7.45. The minimum atomic E-state index is -0.713. The van der Waals surface area contributed by atoms with Crippen molar-refractivity contribution >= 4 is 12.3 Å². The predicted octanol–water partition coefficient (Wildman–Crippen LogP) is 0.921. The summed E-state index contributed by atoms with van der Waals surface area (Å²) in [6.07, 6.45) is 2.81. The van der Waals surface area contributed by atoms with E-state index in [2.05, 4.69) is 9.84 Å². The Bertz CT molecular complexity index is 443. The molecule has 0 saturated heterocycles. The van der Waals surface area contributed by atoms with Crippen molar-refractivity contribution in [2.45, 2.75) is 33.2 Å². The highest BCUT2D eigenvalue weighted by molar-refractivity contribution is 5.76. The van der Waals surface area contributed by atoms with Crippen LogP contribution >= 0.6 is 0 Å². The average Bonchev–Trinajstić information content (AvgIpc) is 2.84. The van der Waals surface area contributed by atoms with Gasteiger partial charge in [-0.1, -0.05) is 13.8 Å². The van der Waals surface area contributed by atoms with Gasteiger partial charge in [-0.3, -0.25) is 4.79 Å². The maximum absolute atomic E-state index is 10.8. The molecule has 1 aromatic heterocycles. The van der Waals surface area contributed by atoms with Gasteiger partial charge in [0.15, 0.2) is 0 Å². The van der Waals surface area contributed by atoms with Gasteiger partial charge >= 0.3 is 5.97 Å². The van der Waals surface area contributed by atoms with Crippen LogP contribution in [0.4, 0.5) is 0 Å². The molecule has 7 heteroatoms. The second-order valence-corrected chi connectivity index (χ2v) is 5.17. The molecule has 1 unspecified atom stereocenters. The highest BCUT2D eigenvalue weighted by atomic mass is 16.5. The first-order chi connectivity index (χ1) is 9.77. The van der Waals surface area contributed by atoms with Crippen LogP contribution in [-0.2, 0) is 21.4 Å². The summed E-state index contributed by atoms with van der Waals surface area (Å²) in [7, 11) is 3.13. The Morgan fingerprint density at radius 1 is 1.57 bits per heavy atom. The molecule has 120 valence electrons. The topological polar surface area (TPSA) is 96.4 Å². The predicted molar refractivity (Wildman–Crippen MR) is 78.8 cm³/mol. The number of aldehydes is 1. The Hall–Kier alpha value is -1.89. The number of carbonyl (C=O) groups excluding carboxylic acids is 2. The zero-order valence-corrected chi connectivity index (χ0v) is 13.3. The van der Waals surface area contributed by atoms with Crippen molar-refractivity contribution in [3.05, 3.63) is 12.3 Å². The average molecular weight is 299 g/mol. The summed E-state index contributed by atoms with van der Waals surface area (Å²) in [6, 6.07) is 1.12. The lowest BCUT2D eigenvalue weighted by atomic mass is 9.88. The monoisotopic (exact) mass is 299 g/mol. The molecule has 0 aliphatic heterocycles. The lowest BCUT2D eigenvalue weighted by Crippen LogP contribution is -2.36. The van der Waals surface area contributed by atoms with E-state index in [4.69, 9.17) is 10.5 Å². The number of ether oxygens (including phenoxy) is 2. The van der Waals surface area contributed by atoms with Gasteiger partial charge in [0, 0.05) is 18.5 Å². The number of esters is 1. The van der Waals surface area contributed by atoms with Gasteiger partial charge in [-0.15, -0.1) is 0 Å². The molecular weight excluding hydrogens is 274 g/mol. The number of hydrogen-bond donors (Lipinski definition) is 1. The summed E-state index contributed by atoms with van der Waals surface area (Å²) in [4.78, 5) is 21.3. The Kier molecular flexibility index (Phi) is 8.30. The van der Waals surface area contributed by atoms with Gasteiger partial charge in [-0.05, 0) is 13.3 Å². The number of aromatic nitrogens is 2. The summed E-state index contributed by atoms with van der Waals surface area (Å²) < 4.78 is 11.3. The van der Waals surface area contributed by atoms with Gasteiger partial charge in [0.25, 0.3) is 0 Å². The largest absolute Gasteiger partial charge is 0.478 e. The Morgan fingerprint density at radius 3 is 2.57 bits per heavy atom. The molecule has 0 aromatic carbocycles. The van der Waals surface area contributed by atoms with Crippen LogP contribution < -0.4 is 10.5 Å². The Labute approximate surface area is 125 Å². The lowest BCUT2D eigenvalue weighted by Gasteiger charge is -2.19. The van der Waals surface area contributed by atoms with E-state index in [0.717, 1.165) is 12.2 Å². The van der Waals surface area contributed by atoms with Crippen molar-refractivity contribution in [1.29, 1.82) is 0 Å². The fourth-order valence-corrected chi connectivity index (χ4v) is 1.50. The third-order valence-corrected chi connectivity index (χ3v) is 2.64. The van der Waals surface area contributed by atoms with Crippen LogP contribution in [0.3, 0.4) is 0 Å². The van der Waals surface area contributed by atoms with Crippen molar-refractivity contribution in [2.24, 2.45) is 18.2 Å². The van der Waals surface area contributed by atoms with Crippen LogP contribution in [0.15, 0.2) is 12.3 Å². The minimum Gasteiger partial charge on any atom is -0.478 e. The van der Waals surface area contributed by atoms with E-state index < -0.39 is 17.4 Å². The SMILES string of the molecule is CCOc1ccnn1C.COC(=O)C(N)CC(C)(C)C=O. The number of nitrogens with zero attached hydrogens (tertiary/aromatic N) is 2. The third-order valence-electron chi connectivity index (χ3n) is 2.64. The highest BCUT2D eigenvalue weighted by Gasteiger charge is 2.25. The van der Waals surface area contributed by atoms with Crippen LogP contribution in [0.1, 0.15) is 27.2 Å². The Balaban J connectivity index is 0.000000394. The molecule has 0 aliphatic rings. The molecule has 1 atom stereocenters. The summed E-state index contributed by atoms with van der Waals surface area (Å²) in [5.41, 5.74) is 4.89. The fraction of sp³-hybridized carbons (Fsp3) is 0.643. The molecule has 0 fully saturated rings. The normalized spacial score (nSPS) is 11.9. The van der Waals surface area contributed by atoms with E-state index in [0.29, 0.717) is 13.0 Å². The lowest BCUT2D eigenvalue weighted by molar-refractivity contribution is -0.143. The summed E-state index contributed by atoms with van der Waals surface area (Å²) in [5, 5.41) is 3.93. The fourth-order valence-electron chi connectivity index (χ4n) is 1.50. The van der Waals surface area contributed by atoms with E-state index in [1.165, 1.54) is 7.11 Å². The second kappa shape index (κ2) is 9.12. The number of carbonyl (C=O) groups is 2.